The predicted octanol–water partition coefficient (Wildman–Crippen LogP) is 3.58. The van der Waals surface area contributed by atoms with E-state index >= 15 is 0 Å². The molecule has 3 heteroatoms. The Hall–Kier alpha value is -1.38. The summed E-state index contributed by atoms with van der Waals surface area (Å²) in [7, 11) is 0. The van der Waals surface area contributed by atoms with Gasteiger partial charge in [-0.05, 0) is 18.6 Å². The summed E-state index contributed by atoms with van der Waals surface area (Å²) in [6.45, 7) is 9.98. The first-order valence-electron chi connectivity index (χ1n) is 5.05. The Morgan fingerprint density at radius 2 is 1.71 bits per heavy atom. The Bertz CT molecular complexity index is 355. The number of benzene rings is 1. The minimum Gasteiger partial charge on any atom is -0.337 e. The Balaban J connectivity index is 0.000000379. The first kappa shape index (κ1) is 12.6. The summed E-state index contributed by atoms with van der Waals surface area (Å²) >= 11 is 0. The average molecular weight is 194 g/mol. The van der Waals surface area contributed by atoms with Gasteiger partial charge < -0.3 is 4.52 Å². The number of aromatic nitrogens is 2. The Morgan fingerprint density at radius 3 is 2.29 bits per heavy atom. The van der Waals surface area contributed by atoms with Crippen LogP contribution in [0.5, 0.6) is 0 Å². The average Bonchev–Trinajstić information content (AvgIpc) is 2.73. The third-order valence-electron chi connectivity index (χ3n) is 1.48. The number of fused-ring (bicyclic) bond motifs is 1. The van der Waals surface area contributed by atoms with Crippen molar-refractivity contribution < 1.29 is 4.52 Å². The minimum atomic E-state index is 0.750. The van der Waals surface area contributed by atoms with Crippen LogP contribution < -0.4 is 0 Å². The molecular weight excluding hydrogens is 176 g/mol. The zero-order chi connectivity index (χ0) is 11.0. The zero-order valence-electron chi connectivity index (χ0n) is 9.53. The molecule has 0 N–H and O–H groups in total. The molecule has 1 aromatic carbocycles. The van der Waals surface area contributed by atoms with Gasteiger partial charge in [-0.25, -0.2) is 0 Å². The highest BCUT2D eigenvalue weighted by Crippen LogP contribution is 2.13. The van der Waals surface area contributed by atoms with Gasteiger partial charge in [-0.3, -0.25) is 0 Å². The maximum absolute atomic E-state index is 4.84. The summed E-state index contributed by atoms with van der Waals surface area (Å²) in [6, 6.07) is 5.75. The molecule has 2 aromatic rings. The van der Waals surface area contributed by atoms with Gasteiger partial charge in [-0.1, -0.05) is 39.8 Å². The van der Waals surface area contributed by atoms with E-state index in [4.69, 9.17) is 4.52 Å². The molecule has 0 unspecified atom stereocenters. The van der Waals surface area contributed by atoms with E-state index in [1.54, 1.807) is 0 Å². The molecule has 0 aliphatic rings. The lowest BCUT2D eigenvalue weighted by molar-refractivity contribution is 0.424. The number of aryl methyl sites for hydroxylation is 1. The van der Waals surface area contributed by atoms with Crippen molar-refractivity contribution in [1.29, 1.82) is 0 Å². The van der Waals surface area contributed by atoms with Crippen LogP contribution in [0.25, 0.3) is 11.1 Å². The summed E-state index contributed by atoms with van der Waals surface area (Å²) in [5.41, 5.74) is 2.70. The van der Waals surface area contributed by atoms with E-state index in [2.05, 4.69) is 10.4 Å². The summed E-state index contributed by atoms with van der Waals surface area (Å²) in [5, 5.41) is 7.24. The van der Waals surface area contributed by atoms with Crippen molar-refractivity contribution in [3.8, 4) is 0 Å². The minimum absolute atomic E-state index is 0.750. The number of hydrogen-bond donors (Lipinski definition) is 0. The summed E-state index contributed by atoms with van der Waals surface area (Å²) in [4.78, 5) is 0. The van der Waals surface area contributed by atoms with Crippen LogP contribution in [0.2, 0.25) is 0 Å². The van der Waals surface area contributed by atoms with Gasteiger partial charge in [-0.15, -0.1) is 5.10 Å². The third-order valence-corrected chi connectivity index (χ3v) is 1.48. The maximum Gasteiger partial charge on any atom is 0.187 e. The molecule has 3 nitrogen and oxygen atoms in total. The third kappa shape index (κ3) is 2.83. The molecule has 0 aliphatic carbocycles. The van der Waals surface area contributed by atoms with Gasteiger partial charge in [0.1, 0.15) is 5.52 Å². The van der Waals surface area contributed by atoms with Crippen molar-refractivity contribution in [3.05, 3.63) is 23.8 Å². The largest absolute Gasteiger partial charge is 0.337 e. The zero-order valence-corrected chi connectivity index (χ0v) is 9.53. The highest BCUT2D eigenvalue weighted by Gasteiger charge is 1.99. The Kier molecular flexibility index (Phi) is 6.37. The SMILES string of the molecule is CC.CC.Cc1cccc2onnc12. The van der Waals surface area contributed by atoms with Crippen molar-refractivity contribution in [2.24, 2.45) is 0 Å². The molecule has 0 aliphatic heterocycles. The van der Waals surface area contributed by atoms with Crippen LogP contribution in [0.3, 0.4) is 0 Å². The monoisotopic (exact) mass is 194 g/mol. The highest BCUT2D eigenvalue weighted by atomic mass is 16.5. The Labute approximate surface area is 85.1 Å². The molecule has 0 fully saturated rings. The molecule has 1 heterocycles. The molecule has 1 aromatic heterocycles. The van der Waals surface area contributed by atoms with Crippen molar-refractivity contribution in [2.75, 3.05) is 0 Å². The normalized spacial score (nSPS) is 8.36. The smallest absolute Gasteiger partial charge is 0.187 e. The number of hydrogen-bond acceptors (Lipinski definition) is 3. The van der Waals surface area contributed by atoms with Crippen LogP contribution in [0.15, 0.2) is 22.7 Å². The van der Waals surface area contributed by atoms with Crippen LogP contribution in [-0.4, -0.2) is 10.4 Å². The molecule has 0 bridgehead atoms. The van der Waals surface area contributed by atoms with Crippen molar-refractivity contribution in [2.45, 2.75) is 34.6 Å². The van der Waals surface area contributed by atoms with Crippen LogP contribution in [-0.2, 0) is 0 Å². The summed E-state index contributed by atoms with van der Waals surface area (Å²) in [5.74, 6) is 0. The van der Waals surface area contributed by atoms with E-state index in [0.29, 0.717) is 0 Å². The van der Waals surface area contributed by atoms with E-state index in [9.17, 15) is 0 Å². The van der Waals surface area contributed by atoms with Gasteiger partial charge in [0.05, 0.1) is 0 Å². The fourth-order valence-corrected chi connectivity index (χ4v) is 0.939. The van der Waals surface area contributed by atoms with Gasteiger partial charge in [0.15, 0.2) is 5.58 Å². The lowest BCUT2D eigenvalue weighted by Crippen LogP contribution is -1.73. The predicted molar refractivity (Wildman–Crippen MR) is 59.2 cm³/mol. The topological polar surface area (TPSA) is 38.9 Å². The van der Waals surface area contributed by atoms with Gasteiger partial charge in [0.2, 0.25) is 0 Å². The van der Waals surface area contributed by atoms with Gasteiger partial charge >= 0.3 is 0 Å². The van der Waals surface area contributed by atoms with E-state index < -0.39 is 0 Å². The quantitative estimate of drug-likeness (QED) is 0.643. The maximum atomic E-state index is 4.84. The van der Waals surface area contributed by atoms with Crippen LogP contribution >= 0.6 is 0 Å². The molecule has 78 valence electrons. The molecule has 0 atom stereocenters. The molecule has 0 spiro atoms. The Morgan fingerprint density at radius 1 is 1.07 bits per heavy atom. The molecule has 0 amide bonds. The second-order valence-corrected chi connectivity index (χ2v) is 2.19. The van der Waals surface area contributed by atoms with Crippen LogP contribution in [0.1, 0.15) is 33.3 Å². The first-order valence-corrected chi connectivity index (χ1v) is 5.05. The molecule has 14 heavy (non-hydrogen) atoms. The first-order chi connectivity index (χ1) is 6.88. The lowest BCUT2D eigenvalue weighted by atomic mass is 10.2. The molecule has 2 rings (SSSR count). The fraction of sp³-hybridized carbons (Fsp3) is 0.455. The van der Waals surface area contributed by atoms with Crippen molar-refractivity contribution in [3.63, 3.8) is 0 Å². The molecule has 0 radical (unpaired) electrons. The van der Waals surface area contributed by atoms with Gasteiger partial charge in [0, 0.05) is 5.27 Å². The molecule has 0 saturated carbocycles. The summed E-state index contributed by atoms with van der Waals surface area (Å²) in [6.07, 6.45) is 0. The molecule has 0 saturated heterocycles. The van der Waals surface area contributed by atoms with Crippen LogP contribution in [0, 0.1) is 6.92 Å². The van der Waals surface area contributed by atoms with E-state index in [1.807, 2.05) is 52.8 Å². The molecular formula is C11H18N2O. The van der Waals surface area contributed by atoms with Crippen molar-refractivity contribution >= 4 is 11.1 Å². The van der Waals surface area contributed by atoms with Gasteiger partial charge in [-0.2, -0.15) is 0 Å². The number of rotatable bonds is 0. The standard InChI is InChI=1S/C7H6N2O.2C2H6/c1-5-3-2-4-6-7(5)8-9-10-6;2*1-2/h2-4H,1H3;2*1-2H3. The second kappa shape index (κ2) is 7.06. The number of nitrogens with zero attached hydrogens (tertiary/aromatic N) is 2. The van der Waals surface area contributed by atoms with Crippen LogP contribution in [0.4, 0.5) is 0 Å². The lowest BCUT2D eigenvalue weighted by Gasteiger charge is -1.86. The van der Waals surface area contributed by atoms with Crippen molar-refractivity contribution in [1.82, 2.24) is 10.4 Å². The van der Waals surface area contributed by atoms with Gasteiger partial charge in [0.25, 0.3) is 0 Å². The second-order valence-electron chi connectivity index (χ2n) is 2.19. The summed E-state index contributed by atoms with van der Waals surface area (Å²) < 4.78 is 4.84. The highest BCUT2D eigenvalue weighted by molar-refractivity contribution is 5.74. The van der Waals surface area contributed by atoms with E-state index in [1.165, 1.54) is 0 Å². The van der Waals surface area contributed by atoms with E-state index in [0.717, 1.165) is 16.7 Å². The fourth-order valence-electron chi connectivity index (χ4n) is 0.939. The van der Waals surface area contributed by atoms with E-state index in [-0.39, 0.29) is 0 Å².